The molecule has 0 aliphatic heterocycles. The van der Waals surface area contributed by atoms with Crippen molar-refractivity contribution in [2.24, 2.45) is 7.05 Å². The standard InChI is InChI=1S/C21H15ClN4O4S/c1-26-19(28)12-8-4-3-7-11(12)15(25-26)18(27)24-21-23-16(20(29)30-2)17(31-21)13-9-5-6-10-14(13)22/h3-10H,1-2H3,(H,23,24,27). The lowest BCUT2D eigenvalue weighted by molar-refractivity contribution is 0.0595. The quantitative estimate of drug-likeness (QED) is 0.471. The number of amides is 1. The molecule has 10 heteroatoms. The Morgan fingerprint density at radius 3 is 2.45 bits per heavy atom. The lowest BCUT2D eigenvalue weighted by Gasteiger charge is -2.07. The summed E-state index contributed by atoms with van der Waals surface area (Å²) in [5.74, 6) is -1.22. The number of hydrogen-bond acceptors (Lipinski definition) is 7. The number of anilines is 1. The number of ether oxygens (including phenoxy) is 1. The Morgan fingerprint density at radius 2 is 1.74 bits per heavy atom. The van der Waals surface area contributed by atoms with E-state index < -0.39 is 11.9 Å². The summed E-state index contributed by atoms with van der Waals surface area (Å²) in [6.45, 7) is 0. The van der Waals surface area contributed by atoms with Crippen molar-refractivity contribution in [2.45, 2.75) is 0 Å². The van der Waals surface area contributed by atoms with E-state index in [-0.39, 0.29) is 22.1 Å². The number of thiazole rings is 1. The molecule has 4 rings (SSSR count). The number of hydrogen-bond donors (Lipinski definition) is 1. The third-order valence-corrected chi connectivity index (χ3v) is 5.85. The second kappa shape index (κ2) is 8.29. The van der Waals surface area contributed by atoms with E-state index in [2.05, 4.69) is 15.4 Å². The highest BCUT2D eigenvalue weighted by atomic mass is 35.5. The van der Waals surface area contributed by atoms with Crippen LogP contribution in [-0.2, 0) is 11.8 Å². The highest BCUT2D eigenvalue weighted by Gasteiger charge is 2.24. The van der Waals surface area contributed by atoms with Crippen molar-refractivity contribution in [1.82, 2.24) is 14.8 Å². The number of esters is 1. The van der Waals surface area contributed by atoms with Gasteiger partial charge in [0.2, 0.25) is 0 Å². The molecular weight excluding hydrogens is 440 g/mol. The average molecular weight is 455 g/mol. The first-order valence-corrected chi connectivity index (χ1v) is 10.2. The molecular formula is C21H15ClN4O4S. The predicted octanol–water partition coefficient (Wildman–Crippen LogP) is 3.75. The molecule has 2 heterocycles. The van der Waals surface area contributed by atoms with Crippen LogP contribution in [0.3, 0.4) is 0 Å². The van der Waals surface area contributed by atoms with E-state index in [4.69, 9.17) is 16.3 Å². The van der Waals surface area contributed by atoms with Crippen LogP contribution in [0.4, 0.5) is 5.13 Å². The fraction of sp³-hybridized carbons (Fsp3) is 0.0952. The number of halogens is 1. The summed E-state index contributed by atoms with van der Waals surface area (Å²) in [6.07, 6.45) is 0. The molecule has 8 nitrogen and oxygen atoms in total. The Kier molecular flexibility index (Phi) is 5.53. The summed E-state index contributed by atoms with van der Waals surface area (Å²) >= 11 is 7.37. The maximum atomic E-state index is 13.0. The van der Waals surface area contributed by atoms with Gasteiger partial charge < -0.3 is 4.74 Å². The van der Waals surface area contributed by atoms with Crippen LogP contribution in [0, 0.1) is 0 Å². The van der Waals surface area contributed by atoms with Gasteiger partial charge in [0.1, 0.15) is 0 Å². The van der Waals surface area contributed by atoms with E-state index in [0.717, 1.165) is 16.0 Å². The smallest absolute Gasteiger partial charge is 0.358 e. The molecule has 0 fully saturated rings. The third kappa shape index (κ3) is 3.80. The van der Waals surface area contributed by atoms with Crippen LogP contribution < -0.4 is 10.9 Å². The first-order chi connectivity index (χ1) is 14.9. The van der Waals surface area contributed by atoms with Gasteiger partial charge in [0.05, 0.1) is 17.4 Å². The molecule has 4 aromatic rings. The number of aryl methyl sites for hydroxylation is 1. The van der Waals surface area contributed by atoms with E-state index in [0.29, 0.717) is 26.2 Å². The Balaban J connectivity index is 1.77. The Bertz CT molecular complexity index is 1400. The van der Waals surface area contributed by atoms with Gasteiger partial charge in [-0.1, -0.05) is 59.3 Å². The normalized spacial score (nSPS) is 10.8. The van der Waals surface area contributed by atoms with Gasteiger partial charge in [0, 0.05) is 23.0 Å². The van der Waals surface area contributed by atoms with Crippen LogP contribution in [0.25, 0.3) is 21.2 Å². The van der Waals surface area contributed by atoms with Crippen molar-refractivity contribution in [3.05, 3.63) is 75.3 Å². The van der Waals surface area contributed by atoms with Crippen LogP contribution in [0.2, 0.25) is 5.02 Å². The molecule has 0 spiro atoms. The van der Waals surface area contributed by atoms with Crippen molar-refractivity contribution >= 4 is 50.7 Å². The first kappa shape index (κ1) is 20.7. The molecule has 0 unspecified atom stereocenters. The maximum absolute atomic E-state index is 13.0. The molecule has 0 atom stereocenters. The van der Waals surface area contributed by atoms with Crippen molar-refractivity contribution in [3.63, 3.8) is 0 Å². The highest BCUT2D eigenvalue weighted by Crippen LogP contribution is 2.37. The minimum absolute atomic E-state index is 0.0363. The fourth-order valence-corrected chi connectivity index (χ4v) is 4.33. The summed E-state index contributed by atoms with van der Waals surface area (Å²) in [7, 11) is 2.72. The molecule has 2 aromatic carbocycles. The maximum Gasteiger partial charge on any atom is 0.358 e. The van der Waals surface area contributed by atoms with E-state index in [1.807, 2.05) is 0 Å². The zero-order chi connectivity index (χ0) is 22.1. The summed E-state index contributed by atoms with van der Waals surface area (Å²) in [5.41, 5.74) is 0.379. The van der Waals surface area contributed by atoms with Gasteiger partial charge >= 0.3 is 5.97 Å². The monoisotopic (exact) mass is 454 g/mol. The predicted molar refractivity (Wildman–Crippen MR) is 119 cm³/mol. The van der Waals surface area contributed by atoms with E-state index in [1.165, 1.54) is 14.2 Å². The Labute approximate surface area is 185 Å². The number of carbonyl (C=O) groups excluding carboxylic acids is 2. The number of fused-ring (bicyclic) bond motifs is 1. The van der Waals surface area contributed by atoms with Crippen molar-refractivity contribution in [1.29, 1.82) is 0 Å². The lowest BCUT2D eigenvalue weighted by Crippen LogP contribution is -2.25. The summed E-state index contributed by atoms with van der Waals surface area (Å²) in [6, 6.07) is 13.7. The minimum atomic E-state index is -0.655. The van der Waals surface area contributed by atoms with Crippen molar-refractivity contribution in [2.75, 3.05) is 12.4 Å². The molecule has 0 radical (unpaired) electrons. The number of rotatable bonds is 4. The first-order valence-electron chi connectivity index (χ1n) is 9.02. The zero-order valence-electron chi connectivity index (χ0n) is 16.4. The summed E-state index contributed by atoms with van der Waals surface area (Å²) in [4.78, 5) is 42.3. The van der Waals surface area contributed by atoms with E-state index in [1.54, 1.807) is 48.5 Å². The minimum Gasteiger partial charge on any atom is -0.464 e. The van der Waals surface area contributed by atoms with Crippen molar-refractivity contribution in [3.8, 4) is 10.4 Å². The van der Waals surface area contributed by atoms with E-state index >= 15 is 0 Å². The largest absolute Gasteiger partial charge is 0.464 e. The average Bonchev–Trinajstić information content (AvgIpc) is 3.19. The molecule has 1 amide bonds. The molecule has 0 saturated heterocycles. The highest BCUT2D eigenvalue weighted by molar-refractivity contribution is 7.19. The van der Waals surface area contributed by atoms with Gasteiger partial charge in [-0.3, -0.25) is 14.9 Å². The second-order valence-electron chi connectivity index (χ2n) is 6.45. The zero-order valence-corrected chi connectivity index (χ0v) is 18.0. The number of nitrogens with one attached hydrogen (secondary N) is 1. The molecule has 31 heavy (non-hydrogen) atoms. The SMILES string of the molecule is COC(=O)c1nc(NC(=O)c2nn(C)c(=O)c3ccccc23)sc1-c1ccccc1Cl. The number of carbonyl (C=O) groups is 2. The number of benzene rings is 2. The van der Waals surface area contributed by atoms with Crippen LogP contribution in [0.15, 0.2) is 53.3 Å². The molecule has 2 aromatic heterocycles. The van der Waals surface area contributed by atoms with Crippen LogP contribution in [0.1, 0.15) is 21.0 Å². The topological polar surface area (TPSA) is 103 Å². The Hall–Kier alpha value is -3.56. The van der Waals surface area contributed by atoms with Crippen LogP contribution in [-0.4, -0.2) is 33.8 Å². The molecule has 1 N–H and O–H groups in total. The van der Waals surface area contributed by atoms with Gasteiger partial charge in [-0.2, -0.15) is 5.10 Å². The van der Waals surface area contributed by atoms with Gasteiger partial charge in [-0.15, -0.1) is 0 Å². The van der Waals surface area contributed by atoms with Gasteiger partial charge in [0.25, 0.3) is 11.5 Å². The van der Waals surface area contributed by atoms with Gasteiger partial charge in [0.15, 0.2) is 16.5 Å². The number of methoxy groups -OCH3 is 1. The molecule has 0 bridgehead atoms. The molecule has 0 saturated carbocycles. The number of aromatic nitrogens is 3. The van der Waals surface area contributed by atoms with Gasteiger partial charge in [-0.25, -0.2) is 14.5 Å². The lowest BCUT2D eigenvalue weighted by atomic mass is 10.1. The fourth-order valence-electron chi connectivity index (χ4n) is 3.06. The molecule has 0 aliphatic carbocycles. The third-order valence-electron chi connectivity index (χ3n) is 4.52. The molecule has 156 valence electrons. The van der Waals surface area contributed by atoms with Crippen molar-refractivity contribution < 1.29 is 14.3 Å². The molecule has 0 aliphatic rings. The second-order valence-corrected chi connectivity index (χ2v) is 7.85. The van der Waals surface area contributed by atoms with Gasteiger partial charge in [-0.05, 0) is 12.1 Å². The van der Waals surface area contributed by atoms with Crippen LogP contribution in [0.5, 0.6) is 0 Å². The summed E-state index contributed by atoms with van der Waals surface area (Å²) in [5, 5.41) is 8.16. The van der Waals surface area contributed by atoms with Crippen LogP contribution >= 0.6 is 22.9 Å². The number of nitrogens with zero attached hydrogens (tertiary/aromatic N) is 3. The van der Waals surface area contributed by atoms with E-state index in [9.17, 15) is 14.4 Å². The Morgan fingerprint density at radius 1 is 1.06 bits per heavy atom. The summed E-state index contributed by atoms with van der Waals surface area (Å²) < 4.78 is 5.93.